The normalized spacial score (nSPS) is 18.9. The average Bonchev–Trinajstić information content (AvgIpc) is 3.09. The molecule has 2 atom stereocenters. The minimum Gasteiger partial charge on any atom is -0.373 e. The van der Waals surface area contributed by atoms with Crippen molar-refractivity contribution in [2.45, 2.75) is 31.8 Å². The minimum atomic E-state index is 0.296. The largest absolute Gasteiger partial charge is 0.373 e. The third kappa shape index (κ3) is 3.76. The van der Waals surface area contributed by atoms with Crippen LogP contribution in [0.25, 0.3) is 0 Å². The molecule has 0 radical (unpaired) electrons. The number of aromatic nitrogens is 3. The maximum Gasteiger partial charge on any atom is 0.134 e. The van der Waals surface area contributed by atoms with E-state index < -0.39 is 0 Å². The summed E-state index contributed by atoms with van der Waals surface area (Å²) in [6, 6.07) is 6.87. The van der Waals surface area contributed by atoms with Gasteiger partial charge in [0, 0.05) is 50.7 Å². The third-order valence-corrected chi connectivity index (χ3v) is 4.42. The van der Waals surface area contributed by atoms with Crippen molar-refractivity contribution in [2.75, 3.05) is 30.4 Å². The fraction of sp³-hybridized carbons (Fsp3) is 0.471. The fourth-order valence-electron chi connectivity index (χ4n) is 3.05. The van der Waals surface area contributed by atoms with Crippen LogP contribution in [0, 0.1) is 0 Å². The number of nitrogens with one attached hydrogen (secondary N) is 2. The van der Waals surface area contributed by atoms with Gasteiger partial charge in [-0.2, -0.15) is 0 Å². The predicted molar refractivity (Wildman–Crippen MR) is 92.6 cm³/mol. The number of nitrogens with zero attached hydrogens (tertiary/aromatic N) is 4. The molecule has 0 bridgehead atoms. The molecule has 6 heteroatoms. The molecule has 2 aromatic heterocycles. The lowest BCUT2D eigenvalue weighted by Gasteiger charge is -2.27. The highest BCUT2D eigenvalue weighted by atomic mass is 15.3. The van der Waals surface area contributed by atoms with Crippen LogP contribution < -0.4 is 15.5 Å². The molecule has 0 spiro atoms. The average molecular weight is 312 g/mol. The van der Waals surface area contributed by atoms with Crippen molar-refractivity contribution in [3.63, 3.8) is 0 Å². The van der Waals surface area contributed by atoms with E-state index in [1.165, 1.54) is 18.4 Å². The molecule has 0 amide bonds. The van der Waals surface area contributed by atoms with E-state index in [2.05, 4.69) is 43.5 Å². The van der Waals surface area contributed by atoms with Gasteiger partial charge in [-0.05, 0) is 31.4 Å². The summed E-state index contributed by atoms with van der Waals surface area (Å²) in [6.45, 7) is 4.17. The van der Waals surface area contributed by atoms with Crippen LogP contribution in [0.5, 0.6) is 0 Å². The number of rotatable bonds is 6. The van der Waals surface area contributed by atoms with Crippen LogP contribution in [0.4, 0.5) is 11.6 Å². The van der Waals surface area contributed by atoms with E-state index >= 15 is 0 Å². The van der Waals surface area contributed by atoms with Gasteiger partial charge in [-0.15, -0.1) is 0 Å². The Morgan fingerprint density at radius 3 is 3.09 bits per heavy atom. The van der Waals surface area contributed by atoms with E-state index in [1.807, 2.05) is 31.6 Å². The van der Waals surface area contributed by atoms with Crippen molar-refractivity contribution in [3.05, 3.63) is 42.5 Å². The molecular weight excluding hydrogens is 288 g/mol. The van der Waals surface area contributed by atoms with Crippen LogP contribution in [-0.4, -0.2) is 41.1 Å². The Labute approximate surface area is 137 Å². The van der Waals surface area contributed by atoms with E-state index in [0.717, 1.165) is 24.7 Å². The quantitative estimate of drug-likeness (QED) is 0.853. The SMILES string of the molecule is CNc1cc(N2CCC[C@@H]2CN[C@H](C)c2cccnc2)ncn1. The number of pyridine rings is 1. The molecule has 1 aliphatic heterocycles. The third-order valence-electron chi connectivity index (χ3n) is 4.42. The van der Waals surface area contributed by atoms with E-state index in [9.17, 15) is 0 Å². The smallest absolute Gasteiger partial charge is 0.134 e. The molecule has 2 N–H and O–H groups in total. The van der Waals surface area contributed by atoms with Crippen molar-refractivity contribution in [3.8, 4) is 0 Å². The standard InChI is InChI=1S/C17H24N6/c1-13(14-5-3-7-19-10-14)20-11-15-6-4-8-23(15)17-9-16(18-2)21-12-22-17/h3,5,7,9-10,12-13,15,20H,4,6,8,11H2,1-2H3,(H,18,21,22)/t13-,15-/m1/s1. The molecule has 6 nitrogen and oxygen atoms in total. The topological polar surface area (TPSA) is 66.0 Å². The van der Waals surface area contributed by atoms with Gasteiger partial charge >= 0.3 is 0 Å². The Balaban J connectivity index is 1.63. The maximum absolute atomic E-state index is 4.44. The van der Waals surface area contributed by atoms with E-state index in [-0.39, 0.29) is 0 Å². The van der Waals surface area contributed by atoms with Gasteiger partial charge in [0.15, 0.2) is 0 Å². The van der Waals surface area contributed by atoms with Crippen LogP contribution in [0.2, 0.25) is 0 Å². The zero-order valence-electron chi connectivity index (χ0n) is 13.7. The Kier molecular flexibility index (Phi) is 5.02. The predicted octanol–water partition coefficient (Wildman–Crippen LogP) is 2.23. The summed E-state index contributed by atoms with van der Waals surface area (Å²) in [5.41, 5.74) is 1.22. The molecular formula is C17H24N6. The number of hydrogen-bond acceptors (Lipinski definition) is 6. The van der Waals surface area contributed by atoms with Gasteiger partial charge in [-0.1, -0.05) is 6.07 Å². The maximum atomic E-state index is 4.44. The van der Waals surface area contributed by atoms with Crippen LogP contribution in [-0.2, 0) is 0 Å². The van der Waals surface area contributed by atoms with E-state index in [4.69, 9.17) is 0 Å². The molecule has 1 saturated heterocycles. The lowest BCUT2D eigenvalue weighted by Crippen LogP contribution is -2.39. The molecule has 0 aromatic carbocycles. The molecule has 3 rings (SSSR count). The lowest BCUT2D eigenvalue weighted by atomic mass is 10.1. The second kappa shape index (κ2) is 7.37. The first-order valence-corrected chi connectivity index (χ1v) is 8.17. The van der Waals surface area contributed by atoms with Crippen molar-refractivity contribution in [2.24, 2.45) is 0 Å². The van der Waals surface area contributed by atoms with Crippen LogP contribution in [0.1, 0.15) is 31.4 Å². The Morgan fingerprint density at radius 2 is 2.30 bits per heavy atom. The molecule has 1 aliphatic rings. The highest BCUT2D eigenvalue weighted by Crippen LogP contribution is 2.25. The Hall–Kier alpha value is -2.21. The lowest BCUT2D eigenvalue weighted by molar-refractivity contribution is 0.512. The van der Waals surface area contributed by atoms with Gasteiger partial charge in [0.25, 0.3) is 0 Å². The Bertz CT molecular complexity index is 617. The highest BCUT2D eigenvalue weighted by Gasteiger charge is 2.26. The number of anilines is 2. The van der Waals surface area contributed by atoms with Crippen LogP contribution in [0.15, 0.2) is 36.9 Å². The molecule has 0 saturated carbocycles. The molecule has 1 fully saturated rings. The molecule has 122 valence electrons. The molecule has 23 heavy (non-hydrogen) atoms. The van der Waals surface area contributed by atoms with Crippen molar-refractivity contribution in [1.29, 1.82) is 0 Å². The first-order chi connectivity index (χ1) is 11.3. The number of hydrogen-bond donors (Lipinski definition) is 2. The minimum absolute atomic E-state index is 0.296. The second-order valence-corrected chi connectivity index (χ2v) is 5.92. The van der Waals surface area contributed by atoms with Crippen LogP contribution in [0.3, 0.4) is 0 Å². The molecule has 3 heterocycles. The summed E-state index contributed by atoms with van der Waals surface area (Å²) in [7, 11) is 1.88. The summed E-state index contributed by atoms with van der Waals surface area (Å²) in [5, 5.41) is 6.71. The second-order valence-electron chi connectivity index (χ2n) is 5.92. The first-order valence-electron chi connectivity index (χ1n) is 8.17. The van der Waals surface area contributed by atoms with E-state index in [1.54, 1.807) is 6.33 Å². The first kappa shape index (κ1) is 15.7. The zero-order valence-corrected chi connectivity index (χ0v) is 13.7. The van der Waals surface area contributed by atoms with Crippen molar-refractivity contribution < 1.29 is 0 Å². The summed E-state index contributed by atoms with van der Waals surface area (Å²) in [6.07, 6.45) is 7.75. The summed E-state index contributed by atoms with van der Waals surface area (Å²) < 4.78 is 0. The Morgan fingerprint density at radius 1 is 1.39 bits per heavy atom. The van der Waals surface area contributed by atoms with Gasteiger partial charge < -0.3 is 15.5 Å². The van der Waals surface area contributed by atoms with E-state index in [0.29, 0.717) is 12.1 Å². The van der Waals surface area contributed by atoms with Gasteiger partial charge in [-0.3, -0.25) is 4.98 Å². The van der Waals surface area contributed by atoms with Crippen LogP contribution >= 0.6 is 0 Å². The van der Waals surface area contributed by atoms with Crippen molar-refractivity contribution >= 4 is 11.6 Å². The molecule has 0 unspecified atom stereocenters. The van der Waals surface area contributed by atoms with Crippen molar-refractivity contribution in [1.82, 2.24) is 20.3 Å². The summed E-state index contributed by atoms with van der Waals surface area (Å²) in [4.78, 5) is 15.2. The van der Waals surface area contributed by atoms with Gasteiger partial charge in [0.1, 0.15) is 18.0 Å². The highest BCUT2D eigenvalue weighted by molar-refractivity contribution is 5.49. The summed E-state index contributed by atoms with van der Waals surface area (Å²) >= 11 is 0. The van der Waals surface area contributed by atoms with Gasteiger partial charge in [-0.25, -0.2) is 9.97 Å². The summed E-state index contributed by atoms with van der Waals surface area (Å²) in [5.74, 6) is 1.86. The monoisotopic (exact) mass is 312 g/mol. The molecule has 2 aromatic rings. The fourth-order valence-corrected chi connectivity index (χ4v) is 3.05. The van der Waals surface area contributed by atoms with Gasteiger partial charge in [0.05, 0.1) is 0 Å². The zero-order chi connectivity index (χ0) is 16.1. The molecule has 0 aliphatic carbocycles. The van der Waals surface area contributed by atoms with Gasteiger partial charge in [0.2, 0.25) is 0 Å².